The van der Waals surface area contributed by atoms with E-state index in [1.54, 1.807) is 6.07 Å². The van der Waals surface area contributed by atoms with Crippen LogP contribution >= 0.6 is 11.3 Å². The van der Waals surface area contributed by atoms with Crippen molar-refractivity contribution in [1.29, 1.82) is 0 Å². The van der Waals surface area contributed by atoms with E-state index in [9.17, 15) is 8.78 Å². The number of aromatic nitrogens is 1. The highest BCUT2D eigenvalue weighted by Gasteiger charge is 2.34. The van der Waals surface area contributed by atoms with Crippen molar-refractivity contribution in [2.45, 2.75) is 31.2 Å². The molecule has 1 aromatic heterocycles. The fourth-order valence-electron chi connectivity index (χ4n) is 2.68. The lowest BCUT2D eigenvalue weighted by molar-refractivity contribution is 0.151. The molecular weight excluding hydrogens is 280 g/mol. The van der Waals surface area contributed by atoms with Crippen LogP contribution < -0.4 is 11.5 Å². The second kappa shape index (κ2) is 4.79. The van der Waals surface area contributed by atoms with Gasteiger partial charge in [0, 0.05) is 22.4 Å². The highest BCUT2D eigenvalue weighted by molar-refractivity contribution is 7.15. The molecular formula is C14H15F2N3S. The molecule has 1 aliphatic rings. The molecule has 20 heavy (non-hydrogen) atoms. The number of anilines is 1. The molecule has 3 rings (SSSR count). The summed E-state index contributed by atoms with van der Waals surface area (Å²) in [5.41, 5.74) is 13.3. The van der Waals surface area contributed by atoms with Gasteiger partial charge in [-0.15, -0.1) is 11.3 Å². The number of nitrogens with two attached hydrogens (primary N) is 2. The average molecular weight is 295 g/mol. The summed E-state index contributed by atoms with van der Waals surface area (Å²) in [6.07, 6.45) is -0.449. The topological polar surface area (TPSA) is 64.9 Å². The number of aryl methyl sites for hydroxylation is 1. The van der Waals surface area contributed by atoms with Crippen molar-refractivity contribution in [2.75, 3.05) is 5.73 Å². The fraction of sp³-hybridized carbons (Fsp3) is 0.357. The van der Waals surface area contributed by atoms with Gasteiger partial charge in [-0.1, -0.05) is 18.2 Å². The molecule has 106 valence electrons. The van der Waals surface area contributed by atoms with Crippen molar-refractivity contribution < 1.29 is 8.78 Å². The van der Waals surface area contributed by atoms with Crippen LogP contribution in [0, 0.1) is 0 Å². The lowest BCUT2D eigenvalue weighted by atomic mass is 9.78. The Balaban J connectivity index is 1.95. The summed E-state index contributed by atoms with van der Waals surface area (Å²) >= 11 is 1.44. The van der Waals surface area contributed by atoms with E-state index in [2.05, 4.69) is 4.98 Å². The van der Waals surface area contributed by atoms with E-state index in [1.807, 2.05) is 6.07 Å². The molecule has 0 saturated heterocycles. The van der Waals surface area contributed by atoms with E-state index in [1.165, 1.54) is 23.5 Å². The average Bonchev–Trinajstić information content (AvgIpc) is 2.78. The molecule has 0 saturated carbocycles. The molecule has 1 aliphatic carbocycles. The lowest BCUT2D eigenvalue weighted by Gasteiger charge is -2.33. The Bertz CT molecular complexity index is 641. The molecule has 1 unspecified atom stereocenters. The van der Waals surface area contributed by atoms with Gasteiger partial charge < -0.3 is 11.5 Å². The number of fused-ring (bicyclic) bond motifs is 1. The first-order chi connectivity index (χ1) is 9.48. The van der Waals surface area contributed by atoms with Crippen LogP contribution in [0.3, 0.4) is 0 Å². The normalized spacial score (nSPS) is 22.0. The van der Waals surface area contributed by atoms with E-state index in [-0.39, 0.29) is 5.56 Å². The van der Waals surface area contributed by atoms with E-state index in [0.717, 1.165) is 22.6 Å². The Morgan fingerprint density at radius 3 is 2.90 bits per heavy atom. The van der Waals surface area contributed by atoms with Crippen LogP contribution in [-0.2, 0) is 18.4 Å². The molecule has 6 heteroatoms. The molecule has 0 aliphatic heterocycles. The number of benzene rings is 1. The van der Waals surface area contributed by atoms with Gasteiger partial charge in [0.15, 0.2) is 5.13 Å². The quantitative estimate of drug-likeness (QED) is 0.895. The lowest BCUT2D eigenvalue weighted by Crippen LogP contribution is -2.41. The highest BCUT2D eigenvalue weighted by Crippen LogP contribution is 2.38. The second-order valence-corrected chi connectivity index (χ2v) is 6.30. The van der Waals surface area contributed by atoms with Crippen LogP contribution in [0.2, 0.25) is 0 Å². The molecule has 1 atom stereocenters. The summed E-state index contributed by atoms with van der Waals surface area (Å²) in [5, 5.41) is 0.542. The number of rotatable bonds is 2. The number of nitrogen functional groups attached to an aromatic ring is 1. The molecule has 2 aromatic rings. The summed E-state index contributed by atoms with van der Waals surface area (Å²) in [5.74, 6) is 0. The zero-order chi connectivity index (χ0) is 14.3. The monoisotopic (exact) mass is 295 g/mol. The fourth-order valence-corrected chi connectivity index (χ4v) is 3.69. The zero-order valence-corrected chi connectivity index (χ0v) is 11.6. The predicted molar refractivity (Wildman–Crippen MR) is 75.8 cm³/mol. The van der Waals surface area contributed by atoms with E-state index in [4.69, 9.17) is 11.5 Å². The molecule has 0 spiro atoms. The first-order valence-electron chi connectivity index (χ1n) is 6.39. The highest BCUT2D eigenvalue weighted by atomic mass is 32.1. The third-order valence-electron chi connectivity index (χ3n) is 3.79. The van der Waals surface area contributed by atoms with Crippen LogP contribution in [0.4, 0.5) is 13.9 Å². The van der Waals surface area contributed by atoms with E-state index >= 15 is 0 Å². The van der Waals surface area contributed by atoms with Crippen molar-refractivity contribution in [3.8, 4) is 0 Å². The maximum atomic E-state index is 12.8. The van der Waals surface area contributed by atoms with Crippen molar-refractivity contribution in [3.05, 3.63) is 46.0 Å². The number of thiazole rings is 1. The molecule has 4 N–H and O–H groups in total. The molecule has 0 fully saturated rings. The van der Waals surface area contributed by atoms with Crippen molar-refractivity contribution >= 4 is 16.5 Å². The SMILES string of the molecule is Nc1nc2c(s1)CC(N)(c1cccc(C(F)F)c1)CC2. The van der Waals surface area contributed by atoms with E-state index in [0.29, 0.717) is 18.0 Å². The first kappa shape index (κ1) is 13.5. The Morgan fingerprint density at radius 1 is 1.35 bits per heavy atom. The molecule has 0 amide bonds. The standard InChI is InChI=1S/C14H15F2N3S/c15-12(16)8-2-1-3-9(6-8)14(18)5-4-10-11(7-14)20-13(17)19-10/h1-3,6,12H,4-5,7,18H2,(H2,17,19). The van der Waals surface area contributed by atoms with Gasteiger partial charge in [-0.25, -0.2) is 13.8 Å². The van der Waals surface area contributed by atoms with Gasteiger partial charge in [0.1, 0.15) is 0 Å². The van der Waals surface area contributed by atoms with Gasteiger partial charge in [0.2, 0.25) is 0 Å². The smallest absolute Gasteiger partial charge is 0.263 e. The van der Waals surface area contributed by atoms with Gasteiger partial charge in [-0.3, -0.25) is 0 Å². The maximum absolute atomic E-state index is 12.8. The molecule has 0 radical (unpaired) electrons. The third-order valence-corrected chi connectivity index (χ3v) is 4.72. The minimum atomic E-state index is -2.48. The summed E-state index contributed by atoms with van der Waals surface area (Å²) in [4.78, 5) is 5.35. The maximum Gasteiger partial charge on any atom is 0.263 e. The number of nitrogens with zero attached hydrogens (tertiary/aromatic N) is 1. The Kier molecular flexibility index (Phi) is 3.22. The molecule has 0 bridgehead atoms. The van der Waals surface area contributed by atoms with Crippen LogP contribution in [0.15, 0.2) is 24.3 Å². The third kappa shape index (κ3) is 2.29. The Morgan fingerprint density at radius 2 is 2.15 bits per heavy atom. The van der Waals surface area contributed by atoms with E-state index < -0.39 is 12.0 Å². The van der Waals surface area contributed by atoms with Gasteiger partial charge in [-0.2, -0.15) is 0 Å². The molecule has 1 aromatic carbocycles. The minimum Gasteiger partial charge on any atom is -0.375 e. The summed E-state index contributed by atoms with van der Waals surface area (Å²) in [7, 11) is 0. The summed E-state index contributed by atoms with van der Waals surface area (Å²) in [6.45, 7) is 0. The van der Waals surface area contributed by atoms with Crippen LogP contribution in [-0.4, -0.2) is 4.98 Å². The number of halogens is 2. The number of hydrogen-bond donors (Lipinski definition) is 2. The Hall–Kier alpha value is -1.53. The van der Waals surface area contributed by atoms with Gasteiger partial charge in [0.05, 0.1) is 5.69 Å². The molecule has 1 heterocycles. The predicted octanol–water partition coefficient (Wildman–Crippen LogP) is 3.01. The van der Waals surface area contributed by atoms with Crippen LogP contribution in [0.25, 0.3) is 0 Å². The summed E-state index contributed by atoms with van der Waals surface area (Å²) < 4.78 is 25.6. The van der Waals surface area contributed by atoms with Crippen LogP contribution in [0.5, 0.6) is 0 Å². The number of alkyl halides is 2. The van der Waals surface area contributed by atoms with Gasteiger partial charge in [-0.05, 0) is 24.5 Å². The largest absolute Gasteiger partial charge is 0.375 e. The Labute approximate surface area is 119 Å². The minimum absolute atomic E-state index is 0.0157. The summed E-state index contributed by atoms with van der Waals surface area (Å²) in [6, 6.07) is 6.40. The van der Waals surface area contributed by atoms with Crippen LogP contribution in [0.1, 0.15) is 34.5 Å². The number of hydrogen-bond acceptors (Lipinski definition) is 4. The zero-order valence-electron chi connectivity index (χ0n) is 10.8. The van der Waals surface area contributed by atoms with Gasteiger partial charge >= 0.3 is 0 Å². The van der Waals surface area contributed by atoms with Crippen molar-refractivity contribution in [2.24, 2.45) is 5.73 Å². The molecule has 3 nitrogen and oxygen atoms in total. The van der Waals surface area contributed by atoms with Crippen molar-refractivity contribution in [3.63, 3.8) is 0 Å². The van der Waals surface area contributed by atoms with Gasteiger partial charge in [0.25, 0.3) is 6.43 Å². The van der Waals surface area contributed by atoms with Crippen molar-refractivity contribution in [1.82, 2.24) is 4.98 Å². The first-order valence-corrected chi connectivity index (χ1v) is 7.21. The second-order valence-electron chi connectivity index (χ2n) is 5.18.